The number of amides is 1. The molecule has 0 unspecified atom stereocenters. The van der Waals surface area contributed by atoms with Crippen LogP contribution in [-0.2, 0) is 17.6 Å². The van der Waals surface area contributed by atoms with Crippen molar-refractivity contribution in [1.29, 1.82) is 0 Å². The molecule has 38 heavy (non-hydrogen) atoms. The molecule has 0 atom stereocenters. The van der Waals surface area contributed by atoms with E-state index in [0.717, 1.165) is 69.3 Å². The Balaban J connectivity index is 0.967. The lowest BCUT2D eigenvalue weighted by atomic mass is 9.77. The molecular weight excluding hydrogens is 474 g/mol. The van der Waals surface area contributed by atoms with Crippen molar-refractivity contribution in [3.63, 3.8) is 0 Å². The van der Waals surface area contributed by atoms with Crippen LogP contribution in [0, 0.1) is 11.3 Å². The van der Waals surface area contributed by atoms with Crippen molar-refractivity contribution in [1.82, 2.24) is 35.1 Å². The maximum absolute atomic E-state index is 13.6. The van der Waals surface area contributed by atoms with Gasteiger partial charge in [-0.2, -0.15) is 0 Å². The Hall–Kier alpha value is -2.19. The number of imidazole rings is 2. The fraction of sp³-hybridized carbons (Fsp3) is 0.767. The molecule has 208 valence electrons. The lowest BCUT2D eigenvalue weighted by Gasteiger charge is -2.44. The highest BCUT2D eigenvalue weighted by molar-refractivity contribution is 5.79. The Labute approximate surface area is 227 Å². The van der Waals surface area contributed by atoms with Gasteiger partial charge in [0, 0.05) is 74.8 Å². The van der Waals surface area contributed by atoms with Crippen molar-refractivity contribution in [2.24, 2.45) is 11.3 Å². The molecule has 4 fully saturated rings. The van der Waals surface area contributed by atoms with Gasteiger partial charge in [0.05, 0.1) is 0 Å². The first-order valence-corrected chi connectivity index (χ1v) is 15.4. The number of hydrogen-bond acceptors (Lipinski definition) is 5. The molecule has 8 nitrogen and oxygen atoms in total. The first kappa shape index (κ1) is 26.1. The van der Waals surface area contributed by atoms with Gasteiger partial charge in [-0.05, 0) is 76.3 Å². The molecular formula is C30H47N7O. The van der Waals surface area contributed by atoms with Gasteiger partial charge in [-0.1, -0.05) is 19.3 Å². The second-order valence-electron chi connectivity index (χ2n) is 12.7. The predicted molar refractivity (Wildman–Crippen MR) is 149 cm³/mol. The summed E-state index contributed by atoms with van der Waals surface area (Å²) >= 11 is 0. The van der Waals surface area contributed by atoms with Crippen LogP contribution in [0.25, 0.3) is 0 Å². The van der Waals surface area contributed by atoms with Gasteiger partial charge in [0.2, 0.25) is 5.91 Å². The van der Waals surface area contributed by atoms with Crippen LogP contribution >= 0.6 is 0 Å². The third-order valence-electron chi connectivity index (χ3n) is 10.2. The summed E-state index contributed by atoms with van der Waals surface area (Å²) in [5, 5.41) is 3.89. The number of aromatic nitrogens is 4. The van der Waals surface area contributed by atoms with Crippen LogP contribution in [0.15, 0.2) is 24.8 Å². The molecule has 6 rings (SSSR count). The molecule has 2 saturated heterocycles. The summed E-state index contributed by atoms with van der Waals surface area (Å²) in [5.74, 6) is 2.66. The Morgan fingerprint density at radius 3 is 2.13 bits per heavy atom. The van der Waals surface area contributed by atoms with Gasteiger partial charge < -0.3 is 25.1 Å². The molecule has 0 aromatic carbocycles. The van der Waals surface area contributed by atoms with E-state index in [1.807, 2.05) is 24.8 Å². The van der Waals surface area contributed by atoms with Crippen LogP contribution in [-0.4, -0.2) is 79.9 Å². The molecule has 2 aromatic heterocycles. The number of rotatable bonds is 8. The van der Waals surface area contributed by atoms with Crippen LogP contribution in [0.3, 0.4) is 0 Å². The standard InChI is InChI=1S/C30H47N7O/c38-29(37-19-12-30(22-37)10-17-36(18-11-30)26-4-2-1-3-5-26)23-6-8-24(9-7-23)35-25(20-27-31-13-14-32-27)21-28-33-15-16-34-28/h13-16,23-26,35H,1-12,17-22H2,(H,31,32)(H,33,34). The average molecular weight is 522 g/mol. The molecule has 8 heteroatoms. The van der Waals surface area contributed by atoms with E-state index < -0.39 is 0 Å². The maximum atomic E-state index is 13.6. The monoisotopic (exact) mass is 521 g/mol. The minimum absolute atomic E-state index is 0.208. The highest BCUT2D eigenvalue weighted by Gasteiger charge is 2.44. The van der Waals surface area contributed by atoms with Gasteiger partial charge in [0.25, 0.3) is 0 Å². The van der Waals surface area contributed by atoms with E-state index in [0.29, 0.717) is 17.4 Å². The van der Waals surface area contributed by atoms with E-state index in [1.165, 1.54) is 64.5 Å². The smallest absolute Gasteiger partial charge is 0.225 e. The maximum Gasteiger partial charge on any atom is 0.225 e. The van der Waals surface area contributed by atoms with E-state index in [2.05, 4.69) is 35.1 Å². The topological polar surface area (TPSA) is 92.9 Å². The first-order chi connectivity index (χ1) is 18.7. The summed E-state index contributed by atoms with van der Waals surface area (Å²) < 4.78 is 0. The Bertz CT molecular complexity index is 948. The minimum Gasteiger partial charge on any atom is -0.349 e. The van der Waals surface area contributed by atoms with E-state index in [-0.39, 0.29) is 12.0 Å². The SMILES string of the molecule is O=C(C1CCC(NC(Cc2ncc[nH]2)Cc2ncc[nH]2)CC1)N1CCC2(CCN(C3CCCCC3)CC2)C1. The average Bonchev–Trinajstić information content (AvgIpc) is 3.74. The molecule has 1 spiro atoms. The summed E-state index contributed by atoms with van der Waals surface area (Å²) in [6.45, 7) is 4.49. The molecule has 1 amide bonds. The number of piperidine rings is 1. The summed E-state index contributed by atoms with van der Waals surface area (Å²) in [4.78, 5) is 34.0. The van der Waals surface area contributed by atoms with Crippen molar-refractivity contribution in [3.8, 4) is 0 Å². The van der Waals surface area contributed by atoms with Crippen LogP contribution < -0.4 is 5.32 Å². The van der Waals surface area contributed by atoms with Crippen molar-refractivity contribution in [3.05, 3.63) is 36.4 Å². The molecule has 0 radical (unpaired) electrons. The number of H-pyrrole nitrogens is 2. The van der Waals surface area contributed by atoms with Crippen LogP contribution in [0.5, 0.6) is 0 Å². The summed E-state index contributed by atoms with van der Waals surface area (Å²) in [5.41, 5.74) is 0.393. The van der Waals surface area contributed by atoms with Crippen molar-refractivity contribution < 1.29 is 4.79 Å². The first-order valence-electron chi connectivity index (χ1n) is 15.4. The third kappa shape index (κ3) is 6.17. The number of likely N-dealkylation sites (tertiary alicyclic amines) is 2. The highest BCUT2D eigenvalue weighted by Crippen LogP contribution is 2.42. The lowest BCUT2D eigenvalue weighted by molar-refractivity contribution is -0.136. The van der Waals surface area contributed by atoms with E-state index in [4.69, 9.17) is 0 Å². The van der Waals surface area contributed by atoms with Gasteiger partial charge in [-0.15, -0.1) is 0 Å². The molecule has 4 heterocycles. The number of carbonyl (C=O) groups is 1. The second-order valence-corrected chi connectivity index (χ2v) is 12.7. The van der Waals surface area contributed by atoms with Gasteiger partial charge >= 0.3 is 0 Å². The zero-order valence-corrected chi connectivity index (χ0v) is 23.0. The summed E-state index contributed by atoms with van der Waals surface area (Å²) in [7, 11) is 0. The van der Waals surface area contributed by atoms with Crippen LogP contribution in [0.2, 0.25) is 0 Å². The quantitative estimate of drug-likeness (QED) is 0.487. The van der Waals surface area contributed by atoms with Crippen LogP contribution in [0.1, 0.15) is 88.7 Å². The Kier molecular flexibility index (Phi) is 8.16. The van der Waals surface area contributed by atoms with E-state index >= 15 is 0 Å². The van der Waals surface area contributed by atoms with E-state index in [1.54, 1.807) is 0 Å². The molecule has 0 bridgehead atoms. The summed E-state index contributed by atoms with van der Waals surface area (Å²) in [6.07, 6.45) is 24.1. The van der Waals surface area contributed by atoms with Gasteiger partial charge in [-0.3, -0.25) is 4.79 Å². The molecule has 3 N–H and O–H groups in total. The second kappa shape index (κ2) is 11.9. The Morgan fingerprint density at radius 1 is 0.895 bits per heavy atom. The largest absolute Gasteiger partial charge is 0.349 e. The highest BCUT2D eigenvalue weighted by atomic mass is 16.2. The van der Waals surface area contributed by atoms with Gasteiger partial charge in [-0.25, -0.2) is 9.97 Å². The Morgan fingerprint density at radius 2 is 1.53 bits per heavy atom. The number of hydrogen-bond donors (Lipinski definition) is 3. The number of carbonyl (C=O) groups excluding carboxylic acids is 1. The fourth-order valence-electron chi connectivity index (χ4n) is 7.92. The molecule has 2 saturated carbocycles. The third-order valence-corrected chi connectivity index (χ3v) is 10.2. The summed E-state index contributed by atoms with van der Waals surface area (Å²) in [6, 6.07) is 1.55. The lowest BCUT2D eigenvalue weighted by Crippen LogP contribution is -2.47. The number of nitrogens with one attached hydrogen (secondary N) is 3. The van der Waals surface area contributed by atoms with Crippen molar-refractivity contribution in [2.75, 3.05) is 26.2 Å². The van der Waals surface area contributed by atoms with Crippen molar-refractivity contribution in [2.45, 2.75) is 108 Å². The minimum atomic E-state index is 0.208. The van der Waals surface area contributed by atoms with E-state index in [9.17, 15) is 4.79 Å². The molecule has 2 aliphatic carbocycles. The van der Waals surface area contributed by atoms with Crippen molar-refractivity contribution >= 4 is 5.91 Å². The zero-order valence-electron chi connectivity index (χ0n) is 23.0. The number of aromatic amines is 2. The molecule has 4 aliphatic rings. The normalized spacial score (nSPS) is 26.9. The predicted octanol–water partition coefficient (Wildman–Crippen LogP) is 4.08. The zero-order chi connectivity index (χ0) is 25.8. The molecule has 2 aliphatic heterocycles. The molecule has 2 aromatic rings. The number of nitrogens with zero attached hydrogens (tertiary/aromatic N) is 4. The van der Waals surface area contributed by atoms with Crippen LogP contribution in [0.4, 0.5) is 0 Å². The van der Waals surface area contributed by atoms with Gasteiger partial charge in [0.1, 0.15) is 11.6 Å². The fourth-order valence-corrected chi connectivity index (χ4v) is 7.92. The van der Waals surface area contributed by atoms with Gasteiger partial charge in [0.15, 0.2) is 0 Å².